The molecule has 98 valence electrons. The Morgan fingerprint density at radius 2 is 2.11 bits per heavy atom. The Labute approximate surface area is 107 Å². The van der Waals surface area contributed by atoms with Crippen LogP contribution in [0.25, 0.3) is 5.65 Å². The maximum absolute atomic E-state index is 5.42. The summed E-state index contributed by atoms with van der Waals surface area (Å²) in [5.74, 6) is 6.76. The van der Waals surface area contributed by atoms with Gasteiger partial charge < -0.3 is 15.1 Å². The second kappa shape index (κ2) is 4.45. The van der Waals surface area contributed by atoms with Gasteiger partial charge in [-0.1, -0.05) is 20.8 Å². The quantitative estimate of drug-likeness (QED) is 0.570. The molecule has 6 heteroatoms. The van der Waals surface area contributed by atoms with Gasteiger partial charge in [0, 0.05) is 18.4 Å². The molecule has 0 fully saturated rings. The SMILES string of the molecule is CC(Nc1nc(NN)cn2ccnc12)C(C)(C)C. The molecule has 0 aromatic carbocycles. The third-order valence-corrected chi connectivity index (χ3v) is 3.17. The molecule has 0 saturated heterocycles. The van der Waals surface area contributed by atoms with E-state index in [1.54, 1.807) is 12.4 Å². The summed E-state index contributed by atoms with van der Waals surface area (Å²) < 4.78 is 1.89. The highest BCUT2D eigenvalue weighted by atomic mass is 15.3. The highest BCUT2D eigenvalue weighted by Crippen LogP contribution is 2.24. The van der Waals surface area contributed by atoms with Gasteiger partial charge in [-0.2, -0.15) is 0 Å². The Balaban J connectivity index is 2.40. The Morgan fingerprint density at radius 1 is 1.39 bits per heavy atom. The van der Waals surface area contributed by atoms with Crippen LogP contribution in [0.5, 0.6) is 0 Å². The Kier molecular flexibility index (Phi) is 3.13. The summed E-state index contributed by atoms with van der Waals surface area (Å²) in [7, 11) is 0. The van der Waals surface area contributed by atoms with E-state index in [9.17, 15) is 0 Å². The number of hydrogen-bond donors (Lipinski definition) is 3. The molecule has 0 aliphatic carbocycles. The van der Waals surface area contributed by atoms with E-state index >= 15 is 0 Å². The van der Waals surface area contributed by atoms with Crippen LogP contribution in [0.3, 0.4) is 0 Å². The van der Waals surface area contributed by atoms with Crippen LogP contribution in [0.4, 0.5) is 11.6 Å². The topological polar surface area (TPSA) is 80.3 Å². The van der Waals surface area contributed by atoms with Crippen molar-refractivity contribution in [2.45, 2.75) is 33.7 Å². The molecule has 2 aromatic rings. The predicted octanol–water partition coefficient (Wildman–Crippen LogP) is 1.86. The molecule has 0 radical (unpaired) electrons. The van der Waals surface area contributed by atoms with Crippen LogP contribution in [-0.2, 0) is 0 Å². The van der Waals surface area contributed by atoms with E-state index in [1.165, 1.54) is 0 Å². The zero-order chi connectivity index (χ0) is 13.3. The second-order valence-corrected chi connectivity index (χ2v) is 5.51. The van der Waals surface area contributed by atoms with Gasteiger partial charge in [-0.25, -0.2) is 15.8 Å². The van der Waals surface area contributed by atoms with Gasteiger partial charge in [0.2, 0.25) is 0 Å². The fourth-order valence-electron chi connectivity index (χ4n) is 1.52. The molecule has 0 aliphatic heterocycles. The average Bonchev–Trinajstić information content (AvgIpc) is 2.75. The Morgan fingerprint density at radius 3 is 2.72 bits per heavy atom. The first kappa shape index (κ1) is 12.6. The largest absolute Gasteiger partial charge is 0.364 e. The van der Waals surface area contributed by atoms with Crippen molar-refractivity contribution in [2.75, 3.05) is 10.7 Å². The average molecular weight is 248 g/mol. The number of anilines is 2. The van der Waals surface area contributed by atoms with Crippen LogP contribution in [0.1, 0.15) is 27.7 Å². The maximum Gasteiger partial charge on any atom is 0.180 e. The number of nitrogens with two attached hydrogens (primary N) is 1. The van der Waals surface area contributed by atoms with Gasteiger partial charge in [0.25, 0.3) is 0 Å². The molecule has 4 N–H and O–H groups in total. The minimum Gasteiger partial charge on any atom is -0.364 e. The predicted molar refractivity (Wildman–Crippen MR) is 73.3 cm³/mol. The van der Waals surface area contributed by atoms with Crippen molar-refractivity contribution in [2.24, 2.45) is 11.3 Å². The Hall–Kier alpha value is -1.82. The number of hydrogen-bond acceptors (Lipinski definition) is 5. The van der Waals surface area contributed by atoms with Crippen LogP contribution >= 0.6 is 0 Å². The lowest BCUT2D eigenvalue weighted by atomic mass is 9.88. The summed E-state index contributed by atoms with van der Waals surface area (Å²) in [6.07, 6.45) is 5.41. The summed E-state index contributed by atoms with van der Waals surface area (Å²) in [5.41, 5.74) is 3.49. The summed E-state index contributed by atoms with van der Waals surface area (Å²) in [4.78, 5) is 8.71. The molecule has 2 aromatic heterocycles. The van der Waals surface area contributed by atoms with Gasteiger partial charge in [-0.15, -0.1) is 0 Å². The van der Waals surface area contributed by atoms with Crippen molar-refractivity contribution in [1.29, 1.82) is 0 Å². The number of nitrogens with one attached hydrogen (secondary N) is 2. The lowest BCUT2D eigenvalue weighted by Gasteiger charge is -2.28. The summed E-state index contributed by atoms with van der Waals surface area (Å²) >= 11 is 0. The van der Waals surface area contributed by atoms with Crippen LogP contribution < -0.4 is 16.6 Å². The van der Waals surface area contributed by atoms with E-state index in [2.05, 4.69) is 48.4 Å². The third kappa shape index (κ3) is 2.38. The molecule has 6 nitrogen and oxygen atoms in total. The highest BCUT2D eigenvalue weighted by Gasteiger charge is 2.21. The van der Waals surface area contributed by atoms with E-state index in [-0.39, 0.29) is 11.5 Å². The van der Waals surface area contributed by atoms with Crippen molar-refractivity contribution in [1.82, 2.24) is 14.4 Å². The fourth-order valence-corrected chi connectivity index (χ4v) is 1.52. The molecule has 1 atom stereocenters. The molecule has 18 heavy (non-hydrogen) atoms. The molecule has 2 heterocycles. The molecule has 0 amide bonds. The molecular formula is C12H20N6. The van der Waals surface area contributed by atoms with Gasteiger partial charge >= 0.3 is 0 Å². The zero-order valence-corrected chi connectivity index (χ0v) is 11.2. The third-order valence-electron chi connectivity index (χ3n) is 3.17. The van der Waals surface area contributed by atoms with E-state index in [0.29, 0.717) is 5.82 Å². The first-order valence-corrected chi connectivity index (χ1v) is 5.98. The first-order valence-electron chi connectivity index (χ1n) is 5.98. The fraction of sp³-hybridized carbons (Fsp3) is 0.500. The summed E-state index contributed by atoms with van der Waals surface area (Å²) in [6.45, 7) is 8.67. The van der Waals surface area contributed by atoms with Crippen LogP contribution in [0, 0.1) is 5.41 Å². The van der Waals surface area contributed by atoms with Gasteiger partial charge in [-0.3, -0.25) is 0 Å². The monoisotopic (exact) mass is 248 g/mol. The van der Waals surface area contributed by atoms with E-state index in [4.69, 9.17) is 5.84 Å². The number of nitrogen functional groups attached to an aromatic ring is 1. The van der Waals surface area contributed by atoms with Crippen molar-refractivity contribution in [3.05, 3.63) is 18.6 Å². The summed E-state index contributed by atoms with van der Waals surface area (Å²) in [5, 5.41) is 3.40. The lowest BCUT2D eigenvalue weighted by molar-refractivity contribution is 0.359. The zero-order valence-electron chi connectivity index (χ0n) is 11.2. The van der Waals surface area contributed by atoms with Gasteiger partial charge in [0.1, 0.15) is 0 Å². The van der Waals surface area contributed by atoms with E-state index in [1.807, 2.05) is 10.6 Å². The van der Waals surface area contributed by atoms with Crippen molar-refractivity contribution in [3.8, 4) is 0 Å². The van der Waals surface area contributed by atoms with Crippen LogP contribution in [0.15, 0.2) is 18.6 Å². The minimum atomic E-state index is 0.136. The molecule has 2 rings (SSSR count). The molecule has 1 unspecified atom stereocenters. The van der Waals surface area contributed by atoms with Crippen LogP contribution in [0.2, 0.25) is 0 Å². The number of aromatic nitrogens is 3. The number of rotatable bonds is 3. The smallest absolute Gasteiger partial charge is 0.180 e. The number of nitrogens with zero attached hydrogens (tertiary/aromatic N) is 3. The Bertz CT molecular complexity index is 539. The second-order valence-electron chi connectivity index (χ2n) is 5.51. The lowest BCUT2D eigenvalue weighted by Crippen LogP contribution is -2.31. The number of hydrazine groups is 1. The number of fused-ring (bicyclic) bond motifs is 1. The van der Waals surface area contributed by atoms with Crippen molar-refractivity contribution in [3.63, 3.8) is 0 Å². The summed E-state index contributed by atoms with van der Waals surface area (Å²) in [6, 6.07) is 0.263. The molecule has 0 saturated carbocycles. The normalized spacial score (nSPS) is 13.6. The van der Waals surface area contributed by atoms with Crippen molar-refractivity contribution >= 4 is 17.3 Å². The highest BCUT2D eigenvalue weighted by molar-refractivity contribution is 5.65. The maximum atomic E-state index is 5.42. The molecule has 0 bridgehead atoms. The molecule has 0 aliphatic rings. The van der Waals surface area contributed by atoms with E-state index < -0.39 is 0 Å². The van der Waals surface area contributed by atoms with Gasteiger partial charge in [0.15, 0.2) is 17.3 Å². The van der Waals surface area contributed by atoms with Crippen LogP contribution in [-0.4, -0.2) is 20.4 Å². The molecular weight excluding hydrogens is 228 g/mol. The molecule has 0 spiro atoms. The van der Waals surface area contributed by atoms with E-state index in [0.717, 1.165) is 11.5 Å². The van der Waals surface area contributed by atoms with Crippen molar-refractivity contribution < 1.29 is 0 Å². The minimum absolute atomic E-state index is 0.136. The first-order chi connectivity index (χ1) is 8.41. The standard InChI is InChI=1S/C12H20N6/c1-8(12(2,3)4)15-10-11-14-5-6-18(11)7-9(16-10)17-13/h5-8,17H,13H2,1-4H3,(H,15,16). The number of imidazole rings is 1. The van der Waals surface area contributed by atoms with Gasteiger partial charge in [0.05, 0.1) is 6.20 Å². The van der Waals surface area contributed by atoms with Gasteiger partial charge in [-0.05, 0) is 12.3 Å².